The quantitative estimate of drug-likeness (QED) is 0.941. The molecule has 0 amide bonds. The summed E-state index contributed by atoms with van der Waals surface area (Å²) in [6.45, 7) is 3.94. The van der Waals surface area contributed by atoms with E-state index in [1.54, 1.807) is 4.68 Å². The normalized spacial score (nSPS) is 14.2. The Morgan fingerprint density at radius 2 is 2.05 bits per heavy atom. The molecule has 0 fully saturated rings. The van der Waals surface area contributed by atoms with Crippen LogP contribution in [-0.2, 0) is 12.8 Å². The van der Waals surface area contributed by atoms with Crippen LogP contribution in [0.15, 0.2) is 18.2 Å². The molecule has 5 heteroatoms. The van der Waals surface area contributed by atoms with Crippen LogP contribution in [0.25, 0.3) is 5.69 Å². The molecule has 3 rings (SSSR count). The van der Waals surface area contributed by atoms with Crippen molar-refractivity contribution in [1.82, 2.24) is 15.0 Å². The molecule has 21 heavy (non-hydrogen) atoms. The van der Waals surface area contributed by atoms with E-state index in [9.17, 15) is 9.90 Å². The molecule has 110 valence electrons. The zero-order valence-electron chi connectivity index (χ0n) is 12.3. The predicted octanol–water partition coefficient (Wildman–Crippen LogP) is 2.97. The van der Waals surface area contributed by atoms with E-state index in [1.165, 1.54) is 24.0 Å². The number of rotatable bonds is 3. The predicted molar refractivity (Wildman–Crippen MR) is 79.0 cm³/mol. The minimum absolute atomic E-state index is 0.0468. The number of aryl methyl sites for hydroxylation is 1. The lowest BCUT2D eigenvalue weighted by atomic mass is 9.90. The first kappa shape index (κ1) is 13.8. The van der Waals surface area contributed by atoms with Crippen molar-refractivity contribution in [3.05, 3.63) is 40.7 Å². The van der Waals surface area contributed by atoms with Crippen LogP contribution in [-0.4, -0.2) is 26.1 Å². The third-order valence-electron chi connectivity index (χ3n) is 4.05. The number of hydrogen-bond acceptors (Lipinski definition) is 3. The van der Waals surface area contributed by atoms with Gasteiger partial charge in [-0.05, 0) is 48.8 Å². The van der Waals surface area contributed by atoms with Gasteiger partial charge in [-0.1, -0.05) is 31.2 Å². The van der Waals surface area contributed by atoms with Crippen molar-refractivity contribution in [3.8, 4) is 5.69 Å². The van der Waals surface area contributed by atoms with E-state index >= 15 is 0 Å². The summed E-state index contributed by atoms with van der Waals surface area (Å²) in [5.74, 6) is -0.972. The Hall–Kier alpha value is -2.17. The lowest BCUT2D eigenvalue weighted by Gasteiger charge is -2.20. The van der Waals surface area contributed by atoms with Crippen molar-refractivity contribution in [3.63, 3.8) is 0 Å². The van der Waals surface area contributed by atoms with Crippen molar-refractivity contribution in [2.75, 3.05) is 0 Å². The Kier molecular flexibility index (Phi) is 3.49. The standard InChI is InChI=1S/C16H19N3O2/c1-10(2)15-14(16(20)21)17-18-19(15)13-9-5-7-11-6-3-4-8-12(11)13/h5,7,9-10H,3-4,6,8H2,1-2H3,(H,20,21). The van der Waals surface area contributed by atoms with Gasteiger partial charge in [0, 0.05) is 0 Å². The Morgan fingerprint density at radius 1 is 1.29 bits per heavy atom. The highest BCUT2D eigenvalue weighted by Gasteiger charge is 2.24. The summed E-state index contributed by atoms with van der Waals surface area (Å²) in [4.78, 5) is 11.3. The van der Waals surface area contributed by atoms with E-state index in [1.807, 2.05) is 26.0 Å². The average Bonchev–Trinajstić information content (AvgIpc) is 2.91. The van der Waals surface area contributed by atoms with Gasteiger partial charge in [-0.3, -0.25) is 0 Å². The van der Waals surface area contributed by atoms with Crippen LogP contribution in [0.3, 0.4) is 0 Å². The van der Waals surface area contributed by atoms with Crippen molar-refractivity contribution in [2.45, 2.75) is 45.4 Å². The molecule has 0 saturated heterocycles. The molecule has 0 spiro atoms. The van der Waals surface area contributed by atoms with Crippen molar-refractivity contribution in [1.29, 1.82) is 0 Å². The molecule has 5 nitrogen and oxygen atoms in total. The van der Waals surface area contributed by atoms with E-state index in [-0.39, 0.29) is 11.6 Å². The third kappa shape index (κ3) is 2.33. The summed E-state index contributed by atoms with van der Waals surface area (Å²) in [5.41, 5.74) is 4.34. The Balaban J connectivity index is 2.20. The summed E-state index contributed by atoms with van der Waals surface area (Å²) in [6.07, 6.45) is 4.48. The van der Waals surface area contributed by atoms with Gasteiger partial charge in [0.2, 0.25) is 0 Å². The number of carbonyl (C=O) groups is 1. The van der Waals surface area contributed by atoms with Gasteiger partial charge in [-0.2, -0.15) is 0 Å². The summed E-state index contributed by atoms with van der Waals surface area (Å²) >= 11 is 0. The number of benzene rings is 1. The minimum Gasteiger partial charge on any atom is -0.476 e. The topological polar surface area (TPSA) is 68.0 Å². The van der Waals surface area contributed by atoms with Crippen molar-refractivity contribution < 1.29 is 9.90 Å². The molecule has 0 unspecified atom stereocenters. The minimum atomic E-state index is -1.02. The van der Waals surface area contributed by atoms with E-state index < -0.39 is 5.97 Å². The number of aromatic nitrogens is 3. The first-order valence-corrected chi connectivity index (χ1v) is 7.39. The molecule has 0 bridgehead atoms. The second kappa shape index (κ2) is 5.31. The molecule has 0 saturated carbocycles. The summed E-state index contributed by atoms with van der Waals surface area (Å²) in [5, 5.41) is 17.3. The van der Waals surface area contributed by atoms with E-state index in [2.05, 4.69) is 16.4 Å². The second-order valence-electron chi connectivity index (χ2n) is 5.82. The zero-order chi connectivity index (χ0) is 15.0. The maximum atomic E-state index is 11.3. The molecular formula is C16H19N3O2. The molecule has 1 aliphatic rings. The van der Waals surface area contributed by atoms with E-state index in [4.69, 9.17) is 0 Å². The lowest BCUT2D eigenvalue weighted by molar-refractivity contribution is 0.0688. The van der Waals surface area contributed by atoms with E-state index in [0.717, 1.165) is 18.5 Å². The number of carboxylic acids is 1. The van der Waals surface area contributed by atoms with Gasteiger partial charge >= 0.3 is 5.97 Å². The molecule has 0 aliphatic heterocycles. The molecular weight excluding hydrogens is 266 g/mol. The number of hydrogen-bond donors (Lipinski definition) is 1. The molecule has 1 heterocycles. The first-order valence-electron chi connectivity index (χ1n) is 7.39. The van der Waals surface area contributed by atoms with Crippen molar-refractivity contribution >= 4 is 5.97 Å². The smallest absolute Gasteiger partial charge is 0.358 e. The fourth-order valence-electron chi connectivity index (χ4n) is 3.10. The summed E-state index contributed by atoms with van der Waals surface area (Å²) in [6, 6.07) is 6.18. The molecule has 1 N–H and O–H groups in total. The lowest BCUT2D eigenvalue weighted by Crippen LogP contribution is -2.13. The molecule has 0 radical (unpaired) electrons. The fourth-order valence-corrected chi connectivity index (χ4v) is 3.10. The number of nitrogens with zero attached hydrogens (tertiary/aromatic N) is 3. The number of carboxylic acid groups (broad SMARTS) is 1. The largest absolute Gasteiger partial charge is 0.476 e. The Bertz CT molecular complexity index is 689. The molecule has 1 aromatic carbocycles. The van der Waals surface area contributed by atoms with Crippen LogP contribution in [0.4, 0.5) is 0 Å². The van der Waals surface area contributed by atoms with Crippen LogP contribution < -0.4 is 0 Å². The van der Waals surface area contributed by atoms with Gasteiger partial charge in [-0.15, -0.1) is 5.10 Å². The highest BCUT2D eigenvalue weighted by Crippen LogP contribution is 2.29. The maximum Gasteiger partial charge on any atom is 0.358 e. The maximum absolute atomic E-state index is 11.3. The van der Waals surface area contributed by atoms with Gasteiger partial charge in [0.1, 0.15) is 0 Å². The second-order valence-corrected chi connectivity index (χ2v) is 5.82. The Morgan fingerprint density at radius 3 is 2.76 bits per heavy atom. The van der Waals surface area contributed by atoms with Crippen LogP contribution >= 0.6 is 0 Å². The van der Waals surface area contributed by atoms with Crippen LogP contribution in [0.2, 0.25) is 0 Å². The van der Waals surface area contributed by atoms with Crippen LogP contribution in [0.5, 0.6) is 0 Å². The molecule has 2 aromatic rings. The highest BCUT2D eigenvalue weighted by molar-refractivity contribution is 5.86. The van der Waals surface area contributed by atoms with Gasteiger partial charge in [-0.25, -0.2) is 9.48 Å². The Labute approximate surface area is 123 Å². The SMILES string of the molecule is CC(C)c1c(C(=O)O)nnn1-c1cccc2c1CCCC2. The first-order chi connectivity index (χ1) is 10.1. The van der Waals surface area contributed by atoms with Gasteiger partial charge < -0.3 is 5.11 Å². The van der Waals surface area contributed by atoms with E-state index in [0.29, 0.717) is 5.69 Å². The number of aromatic carboxylic acids is 1. The average molecular weight is 285 g/mol. The zero-order valence-corrected chi connectivity index (χ0v) is 12.3. The summed E-state index contributed by atoms with van der Waals surface area (Å²) < 4.78 is 1.72. The fraction of sp³-hybridized carbons (Fsp3) is 0.438. The summed E-state index contributed by atoms with van der Waals surface area (Å²) in [7, 11) is 0. The van der Waals surface area contributed by atoms with Crippen LogP contribution in [0, 0.1) is 0 Å². The number of fused-ring (bicyclic) bond motifs is 1. The molecule has 1 aliphatic carbocycles. The van der Waals surface area contributed by atoms with Gasteiger partial charge in [0.15, 0.2) is 5.69 Å². The van der Waals surface area contributed by atoms with Gasteiger partial charge in [0.25, 0.3) is 0 Å². The third-order valence-corrected chi connectivity index (χ3v) is 4.05. The molecule has 0 atom stereocenters. The van der Waals surface area contributed by atoms with Crippen LogP contribution in [0.1, 0.15) is 59.9 Å². The highest BCUT2D eigenvalue weighted by atomic mass is 16.4. The monoisotopic (exact) mass is 285 g/mol. The van der Waals surface area contributed by atoms with Crippen molar-refractivity contribution in [2.24, 2.45) is 0 Å². The molecule has 1 aromatic heterocycles. The van der Waals surface area contributed by atoms with Gasteiger partial charge in [0.05, 0.1) is 11.4 Å².